The molecule has 1 amide bonds. The van der Waals surface area contributed by atoms with Crippen molar-refractivity contribution in [2.75, 3.05) is 11.5 Å². The molecule has 1 aliphatic carbocycles. The van der Waals surface area contributed by atoms with E-state index in [0.717, 1.165) is 0 Å². The third-order valence-corrected chi connectivity index (χ3v) is 5.38. The molecule has 2 aliphatic rings. The van der Waals surface area contributed by atoms with Gasteiger partial charge in [0.1, 0.15) is 0 Å². The number of hydrogen-bond acceptors (Lipinski definition) is 4. The maximum atomic E-state index is 11.8. The van der Waals surface area contributed by atoms with Crippen molar-refractivity contribution in [1.82, 2.24) is 5.32 Å². The first-order chi connectivity index (χ1) is 8.85. The van der Waals surface area contributed by atoms with Gasteiger partial charge in [0.2, 0.25) is 5.91 Å². The standard InChI is InChI=1S/C12H17NO5S/c14-11(5-8-3-4-19(17,18)7-8)13-10-2-1-9(6-10)12(15)16/h1-2,8-10H,3-7H2,(H,13,14)(H,15,16). The molecule has 3 atom stereocenters. The van der Waals surface area contributed by atoms with E-state index in [0.29, 0.717) is 12.8 Å². The topological polar surface area (TPSA) is 101 Å². The van der Waals surface area contributed by atoms with Crippen LogP contribution in [0.3, 0.4) is 0 Å². The first kappa shape index (κ1) is 14.0. The van der Waals surface area contributed by atoms with Gasteiger partial charge in [-0.05, 0) is 18.8 Å². The van der Waals surface area contributed by atoms with E-state index in [2.05, 4.69) is 5.32 Å². The SMILES string of the molecule is O=C(CC1CCS(=O)(=O)C1)NC1C=CC(C(=O)O)C1. The van der Waals surface area contributed by atoms with Gasteiger partial charge in [0.15, 0.2) is 9.84 Å². The monoisotopic (exact) mass is 287 g/mol. The van der Waals surface area contributed by atoms with E-state index in [-0.39, 0.29) is 35.8 Å². The van der Waals surface area contributed by atoms with Crippen molar-refractivity contribution in [2.45, 2.75) is 25.3 Å². The van der Waals surface area contributed by atoms with Crippen LogP contribution in [-0.2, 0) is 19.4 Å². The largest absolute Gasteiger partial charge is 0.481 e. The van der Waals surface area contributed by atoms with Gasteiger partial charge >= 0.3 is 5.97 Å². The maximum Gasteiger partial charge on any atom is 0.310 e. The molecular formula is C12H17NO5S. The minimum absolute atomic E-state index is 0.0820. The van der Waals surface area contributed by atoms with E-state index < -0.39 is 21.7 Å². The minimum Gasteiger partial charge on any atom is -0.481 e. The maximum absolute atomic E-state index is 11.8. The van der Waals surface area contributed by atoms with Crippen molar-refractivity contribution in [3.05, 3.63) is 12.2 Å². The van der Waals surface area contributed by atoms with E-state index in [1.165, 1.54) is 0 Å². The molecule has 1 heterocycles. The van der Waals surface area contributed by atoms with E-state index in [9.17, 15) is 18.0 Å². The van der Waals surface area contributed by atoms with Gasteiger partial charge in [0.05, 0.1) is 17.4 Å². The number of carbonyl (C=O) groups excluding carboxylic acids is 1. The quantitative estimate of drug-likeness (QED) is 0.706. The highest BCUT2D eigenvalue weighted by atomic mass is 32.2. The molecule has 7 heteroatoms. The molecule has 1 fully saturated rings. The second-order valence-electron chi connectivity index (χ2n) is 5.21. The predicted octanol–water partition coefficient (Wildman–Crippen LogP) is -0.0433. The molecule has 2 N–H and O–H groups in total. The van der Waals surface area contributed by atoms with Crippen molar-refractivity contribution in [3.8, 4) is 0 Å². The first-order valence-electron chi connectivity index (χ1n) is 6.26. The fourth-order valence-electron chi connectivity index (χ4n) is 2.55. The van der Waals surface area contributed by atoms with E-state index in [1.54, 1.807) is 12.2 Å². The third kappa shape index (κ3) is 3.79. The average Bonchev–Trinajstić information content (AvgIpc) is 2.85. The first-order valence-corrected chi connectivity index (χ1v) is 8.09. The number of aliphatic carboxylic acids is 1. The van der Waals surface area contributed by atoms with Gasteiger partial charge in [-0.1, -0.05) is 12.2 Å². The van der Waals surface area contributed by atoms with Crippen LogP contribution < -0.4 is 5.32 Å². The summed E-state index contributed by atoms with van der Waals surface area (Å²) in [6.45, 7) is 0. The number of carboxylic acids is 1. The van der Waals surface area contributed by atoms with Gasteiger partial charge in [-0.2, -0.15) is 0 Å². The van der Waals surface area contributed by atoms with E-state index in [1.807, 2.05) is 0 Å². The zero-order valence-corrected chi connectivity index (χ0v) is 11.2. The van der Waals surface area contributed by atoms with Gasteiger partial charge in [0.25, 0.3) is 0 Å². The van der Waals surface area contributed by atoms with Crippen LogP contribution in [0.5, 0.6) is 0 Å². The van der Waals surface area contributed by atoms with Crippen LogP contribution in [0, 0.1) is 11.8 Å². The number of amides is 1. The normalized spacial score (nSPS) is 32.3. The van der Waals surface area contributed by atoms with Gasteiger partial charge in [0, 0.05) is 12.5 Å². The predicted molar refractivity (Wildman–Crippen MR) is 68.2 cm³/mol. The number of carbonyl (C=O) groups is 2. The molecule has 2 rings (SSSR count). The molecule has 3 unspecified atom stereocenters. The van der Waals surface area contributed by atoms with Crippen LogP contribution in [0.1, 0.15) is 19.3 Å². The fourth-order valence-corrected chi connectivity index (χ4v) is 4.41. The number of rotatable bonds is 4. The zero-order chi connectivity index (χ0) is 14.0. The summed E-state index contributed by atoms with van der Waals surface area (Å²) in [4.78, 5) is 22.5. The molecule has 1 aliphatic heterocycles. The van der Waals surface area contributed by atoms with Crippen LogP contribution >= 0.6 is 0 Å². The molecular weight excluding hydrogens is 270 g/mol. The van der Waals surface area contributed by atoms with Crippen molar-refractivity contribution in [3.63, 3.8) is 0 Å². The second kappa shape index (κ2) is 5.32. The Labute approximate surface area is 111 Å². The number of hydrogen-bond donors (Lipinski definition) is 2. The van der Waals surface area contributed by atoms with Gasteiger partial charge in [-0.15, -0.1) is 0 Å². The molecule has 0 saturated carbocycles. The zero-order valence-electron chi connectivity index (χ0n) is 10.4. The van der Waals surface area contributed by atoms with Gasteiger partial charge in [-0.3, -0.25) is 9.59 Å². The number of carboxylic acid groups (broad SMARTS) is 1. The lowest BCUT2D eigenvalue weighted by Gasteiger charge is -2.13. The Morgan fingerprint density at radius 2 is 2.05 bits per heavy atom. The summed E-state index contributed by atoms with van der Waals surface area (Å²) < 4.78 is 22.6. The van der Waals surface area contributed by atoms with Crippen molar-refractivity contribution in [2.24, 2.45) is 11.8 Å². The van der Waals surface area contributed by atoms with E-state index >= 15 is 0 Å². The molecule has 0 bridgehead atoms. The summed E-state index contributed by atoms with van der Waals surface area (Å²) in [6.07, 6.45) is 4.36. The summed E-state index contributed by atoms with van der Waals surface area (Å²) in [6, 6.07) is -0.258. The fraction of sp³-hybridized carbons (Fsp3) is 0.667. The Morgan fingerprint density at radius 3 is 2.58 bits per heavy atom. The highest BCUT2D eigenvalue weighted by Crippen LogP contribution is 2.22. The third-order valence-electron chi connectivity index (χ3n) is 3.55. The number of nitrogens with one attached hydrogen (secondary N) is 1. The lowest BCUT2D eigenvalue weighted by Crippen LogP contribution is -2.34. The van der Waals surface area contributed by atoms with Gasteiger partial charge in [-0.25, -0.2) is 8.42 Å². The van der Waals surface area contributed by atoms with Crippen LogP contribution in [0.25, 0.3) is 0 Å². The number of sulfone groups is 1. The lowest BCUT2D eigenvalue weighted by atomic mass is 10.0. The van der Waals surface area contributed by atoms with Crippen LogP contribution in [0.2, 0.25) is 0 Å². The molecule has 0 aromatic rings. The van der Waals surface area contributed by atoms with Crippen molar-refractivity contribution in [1.29, 1.82) is 0 Å². The minimum atomic E-state index is -2.96. The van der Waals surface area contributed by atoms with Crippen molar-refractivity contribution < 1.29 is 23.1 Å². The van der Waals surface area contributed by atoms with Crippen molar-refractivity contribution >= 4 is 21.7 Å². The Hall–Kier alpha value is -1.37. The molecule has 1 saturated heterocycles. The molecule has 0 spiro atoms. The lowest BCUT2D eigenvalue weighted by molar-refractivity contribution is -0.140. The summed E-state index contributed by atoms with van der Waals surface area (Å²) >= 11 is 0. The molecule has 106 valence electrons. The molecule has 19 heavy (non-hydrogen) atoms. The smallest absolute Gasteiger partial charge is 0.310 e. The van der Waals surface area contributed by atoms with Crippen LogP contribution in [0.4, 0.5) is 0 Å². The summed E-state index contributed by atoms with van der Waals surface area (Å²) in [5.41, 5.74) is 0. The Balaban J connectivity index is 1.77. The summed E-state index contributed by atoms with van der Waals surface area (Å²) in [5, 5.41) is 11.6. The highest BCUT2D eigenvalue weighted by molar-refractivity contribution is 7.91. The highest BCUT2D eigenvalue weighted by Gasteiger charge is 2.30. The Bertz CT molecular complexity index is 510. The summed E-state index contributed by atoms with van der Waals surface area (Å²) in [7, 11) is -2.96. The van der Waals surface area contributed by atoms with E-state index in [4.69, 9.17) is 5.11 Å². The average molecular weight is 287 g/mol. The Kier molecular flexibility index (Phi) is 3.93. The molecule has 0 aromatic carbocycles. The Morgan fingerprint density at radius 1 is 1.32 bits per heavy atom. The van der Waals surface area contributed by atoms with Crippen LogP contribution in [-0.4, -0.2) is 42.9 Å². The summed E-state index contributed by atoms with van der Waals surface area (Å²) in [5.74, 6) is -1.51. The van der Waals surface area contributed by atoms with Crippen LogP contribution in [0.15, 0.2) is 12.2 Å². The van der Waals surface area contributed by atoms with Gasteiger partial charge < -0.3 is 10.4 Å². The molecule has 0 aromatic heterocycles. The molecule has 0 radical (unpaired) electrons. The second-order valence-corrected chi connectivity index (χ2v) is 7.44. The molecule has 6 nitrogen and oxygen atoms in total.